The Labute approximate surface area is 135 Å². The molecule has 0 spiro atoms. The lowest BCUT2D eigenvalue weighted by molar-refractivity contribution is -0.143. The van der Waals surface area contributed by atoms with E-state index in [4.69, 9.17) is 4.74 Å². The molecule has 0 fully saturated rings. The average molecular weight is 305 g/mol. The van der Waals surface area contributed by atoms with Gasteiger partial charge in [0.05, 0.1) is 18.0 Å². The number of ether oxygens (including phenoxy) is 1. The Kier molecular flexibility index (Phi) is 4.52. The molecule has 3 rings (SSSR count). The quantitative estimate of drug-likeness (QED) is 0.677. The van der Waals surface area contributed by atoms with E-state index in [0.29, 0.717) is 6.61 Å². The van der Waals surface area contributed by atoms with E-state index in [1.807, 2.05) is 60.7 Å². The van der Waals surface area contributed by atoms with Gasteiger partial charge in [-0.3, -0.25) is 4.79 Å². The lowest BCUT2D eigenvalue weighted by atomic mass is 10.0. The predicted octanol–water partition coefficient (Wildman–Crippen LogP) is 3.58. The summed E-state index contributed by atoms with van der Waals surface area (Å²) < 4.78 is 6.76. The Bertz CT molecular complexity index is 780. The lowest BCUT2D eigenvalue weighted by Gasteiger charge is -2.10. The summed E-state index contributed by atoms with van der Waals surface area (Å²) in [7, 11) is 0. The average Bonchev–Trinajstić information content (AvgIpc) is 3.00. The van der Waals surface area contributed by atoms with Crippen molar-refractivity contribution in [3.8, 4) is 22.5 Å². The molecule has 0 bridgehead atoms. The predicted molar refractivity (Wildman–Crippen MR) is 88.6 cm³/mol. The summed E-state index contributed by atoms with van der Waals surface area (Å²) in [6.45, 7) is 2.25. The molecule has 0 aliphatic heterocycles. The van der Waals surface area contributed by atoms with Crippen molar-refractivity contribution in [3.63, 3.8) is 0 Å². The van der Waals surface area contributed by atoms with E-state index >= 15 is 0 Å². The molecule has 0 aliphatic rings. The molecular formula is C19H17N2O2. The molecule has 4 nitrogen and oxygen atoms in total. The number of rotatable bonds is 5. The molecule has 0 atom stereocenters. The lowest BCUT2D eigenvalue weighted by Crippen LogP contribution is -2.13. The van der Waals surface area contributed by atoms with Crippen molar-refractivity contribution in [2.45, 2.75) is 13.5 Å². The highest BCUT2D eigenvalue weighted by molar-refractivity contribution is 5.80. The highest BCUT2D eigenvalue weighted by Crippen LogP contribution is 2.30. The summed E-state index contributed by atoms with van der Waals surface area (Å²) in [5.74, 6) is -0.294. The van der Waals surface area contributed by atoms with Crippen LogP contribution in [0.15, 0.2) is 60.7 Å². The van der Waals surface area contributed by atoms with Crippen LogP contribution in [-0.4, -0.2) is 22.1 Å². The first-order valence-electron chi connectivity index (χ1n) is 7.54. The van der Waals surface area contributed by atoms with Crippen LogP contribution in [0, 0.1) is 6.33 Å². The highest BCUT2D eigenvalue weighted by atomic mass is 16.5. The largest absolute Gasteiger partial charge is 0.465 e. The number of benzene rings is 2. The third-order valence-corrected chi connectivity index (χ3v) is 3.46. The molecule has 115 valence electrons. The van der Waals surface area contributed by atoms with Crippen molar-refractivity contribution in [2.24, 2.45) is 0 Å². The van der Waals surface area contributed by atoms with E-state index in [0.717, 1.165) is 22.5 Å². The van der Waals surface area contributed by atoms with Gasteiger partial charge in [-0.2, -0.15) is 0 Å². The van der Waals surface area contributed by atoms with Crippen molar-refractivity contribution >= 4 is 5.97 Å². The van der Waals surface area contributed by atoms with Gasteiger partial charge in [-0.05, 0) is 6.92 Å². The maximum atomic E-state index is 11.9. The molecular weight excluding hydrogens is 288 g/mol. The maximum Gasteiger partial charge on any atom is 0.326 e. The first kappa shape index (κ1) is 15.0. The topological polar surface area (TPSA) is 44.1 Å². The number of aromatic nitrogens is 2. The van der Waals surface area contributed by atoms with Gasteiger partial charge in [-0.25, -0.2) is 4.98 Å². The fourth-order valence-corrected chi connectivity index (χ4v) is 2.48. The first-order chi connectivity index (χ1) is 11.3. The Morgan fingerprint density at radius 3 is 2.26 bits per heavy atom. The van der Waals surface area contributed by atoms with Gasteiger partial charge in [0.1, 0.15) is 6.54 Å². The van der Waals surface area contributed by atoms with E-state index in [1.54, 1.807) is 11.5 Å². The molecule has 0 N–H and O–H groups in total. The minimum Gasteiger partial charge on any atom is -0.465 e. The minimum absolute atomic E-state index is 0.0951. The molecule has 3 aromatic rings. The summed E-state index contributed by atoms with van der Waals surface area (Å²) in [5.41, 5.74) is 3.65. The van der Waals surface area contributed by atoms with Crippen LogP contribution in [0.5, 0.6) is 0 Å². The van der Waals surface area contributed by atoms with Gasteiger partial charge < -0.3 is 9.30 Å². The van der Waals surface area contributed by atoms with Crippen LogP contribution in [-0.2, 0) is 16.1 Å². The monoisotopic (exact) mass is 305 g/mol. The molecule has 0 saturated carbocycles. The van der Waals surface area contributed by atoms with Crippen molar-refractivity contribution in [1.82, 2.24) is 9.55 Å². The van der Waals surface area contributed by atoms with E-state index in [9.17, 15) is 4.79 Å². The molecule has 0 unspecified atom stereocenters. The summed E-state index contributed by atoms with van der Waals surface area (Å²) in [4.78, 5) is 16.3. The molecule has 4 heteroatoms. The van der Waals surface area contributed by atoms with Crippen LogP contribution in [0.4, 0.5) is 0 Å². The number of esters is 1. The van der Waals surface area contributed by atoms with Gasteiger partial charge in [-0.1, -0.05) is 60.7 Å². The molecule has 1 aromatic heterocycles. The second kappa shape index (κ2) is 6.92. The van der Waals surface area contributed by atoms with Crippen LogP contribution in [0.2, 0.25) is 0 Å². The number of nitrogens with zero attached hydrogens (tertiary/aromatic N) is 2. The van der Waals surface area contributed by atoms with Gasteiger partial charge in [0.2, 0.25) is 0 Å². The van der Waals surface area contributed by atoms with Crippen molar-refractivity contribution in [1.29, 1.82) is 0 Å². The fraction of sp³-hybridized carbons (Fsp3) is 0.158. The smallest absolute Gasteiger partial charge is 0.326 e. The maximum absolute atomic E-state index is 11.9. The molecule has 0 amide bonds. The molecule has 1 heterocycles. The molecule has 1 radical (unpaired) electrons. The molecule has 2 aromatic carbocycles. The SMILES string of the molecule is CCOC(=O)Cn1[c]nc(-c2ccccc2)c1-c1ccccc1. The normalized spacial score (nSPS) is 10.5. The summed E-state index contributed by atoms with van der Waals surface area (Å²) in [6.07, 6.45) is 2.93. The zero-order valence-corrected chi connectivity index (χ0v) is 12.9. The zero-order valence-electron chi connectivity index (χ0n) is 12.9. The second-order valence-corrected chi connectivity index (χ2v) is 5.03. The van der Waals surface area contributed by atoms with Gasteiger partial charge >= 0.3 is 5.97 Å². The second-order valence-electron chi connectivity index (χ2n) is 5.03. The van der Waals surface area contributed by atoms with Crippen molar-refractivity contribution in [2.75, 3.05) is 6.61 Å². The Morgan fingerprint density at radius 1 is 1.04 bits per heavy atom. The van der Waals surface area contributed by atoms with Gasteiger partial charge in [0, 0.05) is 11.1 Å². The summed E-state index contributed by atoms with van der Waals surface area (Å²) >= 11 is 0. The van der Waals surface area contributed by atoms with E-state index in [2.05, 4.69) is 11.3 Å². The van der Waals surface area contributed by atoms with E-state index < -0.39 is 0 Å². The Balaban J connectivity index is 2.07. The number of hydrogen-bond acceptors (Lipinski definition) is 3. The molecule has 0 saturated heterocycles. The van der Waals surface area contributed by atoms with Gasteiger partial charge in [-0.15, -0.1) is 0 Å². The standard InChI is InChI=1S/C19H17N2O2/c1-2-23-17(22)13-21-14-20-18(15-9-5-3-6-10-15)19(21)16-11-7-4-8-12-16/h3-12H,2,13H2,1H3. The van der Waals surface area contributed by atoms with Gasteiger partial charge in [0.25, 0.3) is 0 Å². The van der Waals surface area contributed by atoms with Crippen LogP contribution in [0.3, 0.4) is 0 Å². The Morgan fingerprint density at radius 2 is 1.65 bits per heavy atom. The van der Waals surface area contributed by atoms with Crippen molar-refractivity contribution in [3.05, 3.63) is 67.0 Å². The molecule has 23 heavy (non-hydrogen) atoms. The third-order valence-electron chi connectivity index (χ3n) is 3.46. The van der Waals surface area contributed by atoms with E-state index in [-0.39, 0.29) is 12.5 Å². The number of carbonyl (C=O) groups is 1. The third kappa shape index (κ3) is 3.31. The van der Waals surface area contributed by atoms with Crippen LogP contribution >= 0.6 is 0 Å². The fourth-order valence-electron chi connectivity index (χ4n) is 2.48. The highest BCUT2D eigenvalue weighted by Gasteiger charge is 2.17. The molecule has 0 aliphatic carbocycles. The van der Waals surface area contributed by atoms with Crippen LogP contribution < -0.4 is 0 Å². The zero-order chi connectivity index (χ0) is 16.1. The van der Waals surface area contributed by atoms with Crippen LogP contribution in [0.25, 0.3) is 22.5 Å². The number of imidazole rings is 1. The summed E-state index contributed by atoms with van der Waals surface area (Å²) in [6, 6.07) is 19.8. The van der Waals surface area contributed by atoms with Crippen molar-refractivity contribution < 1.29 is 9.53 Å². The first-order valence-corrected chi connectivity index (χ1v) is 7.54. The van der Waals surface area contributed by atoms with Gasteiger partial charge in [0.15, 0.2) is 6.33 Å². The Hall–Kier alpha value is -2.88. The summed E-state index contributed by atoms with van der Waals surface area (Å²) in [5, 5.41) is 0. The van der Waals surface area contributed by atoms with Crippen LogP contribution in [0.1, 0.15) is 6.92 Å². The number of carbonyl (C=O) groups excluding carboxylic acids is 1. The van der Waals surface area contributed by atoms with E-state index in [1.165, 1.54) is 0 Å². The number of hydrogen-bond donors (Lipinski definition) is 0. The minimum atomic E-state index is -0.294.